The molecule has 4 saturated carbocycles. The molecule has 30 heavy (non-hydrogen) atoms. The lowest BCUT2D eigenvalue weighted by Gasteiger charge is -2.28. The number of fused-ring (bicyclic) bond motifs is 4. The Morgan fingerprint density at radius 3 is 1.90 bits per heavy atom. The van der Waals surface area contributed by atoms with Crippen molar-refractivity contribution in [2.24, 2.45) is 42.6 Å². The Morgan fingerprint density at radius 1 is 0.900 bits per heavy atom. The Kier molecular flexibility index (Phi) is 5.14. The molecule has 6 nitrogen and oxygen atoms in total. The fraction of sp³-hybridized carbons (Fsp3) is 0.792. The van der Waals surface area contributed by atoms with E-state index in [4.69, 9.17) is 0 Å². The molecule has 6 heteroatoms. The molecule has 4 bridgehead atoms. The highest BCUT2D eigenvalue weighted by Gasteiger charge is 2.43. The van der Waals surface area contributed by atoms with E-state index in [1.807, 2.05) is 0 Å². The summed E-state index contributed by atoms with van der Waals surface area (Å²) in [6.45, 7) is 4.25. The molecule has 2 N–H and O–H groups in total. The highest BCUT2D eigenvalue weighted by molar-refractivity contribution is 5.98. The molecule has 0 unspecified atom stereocenters. The van der Waals surface area contributed by atoms with Gasteiger partial charge in [-0.1, -0.05) is 12.8 Å². The van der Waals surface area contributed by atoms with Crippen molar-refractivity contribution >= 4 is 11.8 Å². The predicted molar refractivity (Wildman–Crippen MR) is 115 cm³/mol. The summed E-state index contributed by atoms with van der Waals surface area (Å²) in [7, 11) is 1.74. The Morgan fingerprint density at radius 2 is 1.43 bits per heavy atom. The third-order valence-corrected chi connectivity index (χ3v) is 8.93. The standard InChI is InChI=1S/C24H36N4O2/c1-13(19-10-15-4-6-17(19)8-15)25-23(29)21-12-22(28(3)27-21)24(30)26-14(2)20-11-16-5-7-18(20)9-16/h12-20H,4-11H2,1-3H3,(H,25,29)(H,26,30)/t13-,14+,15-,16-,17-,18-,19-,20+/m0/s1. The minimum atomic E-state index is -0.166. The van der Waals surface area contributed by atoms with Gasteiger partial charge < -0.3 is 10.6 Å². The number of carbonyl (C=O) groups excluding carboxylic acids is 2. The Balaban J connectivity index is 1.19. The van der Waals surface area contributed by atoms with E-state index in [1.54, 1.807) is 17.8 Å². The van der Waals surface area contributed by atoms with Gasteiger partial charge in [0, 0.05) is 25.2 Å². The molecule has 0 aliphatic heterocycles. The summed E-state index contributed by atoms with van der Waals surface area (Å²) in [6, 6.07) is 1.97. The van der Waals surface area contributed by atoms with Gasteiger partial charge in [0.15, 0.2) is 5.69 Å². The van der Waals surface area contributed by atoms with Crippen molar-refractivity contribution in [2.75, 3.05) is 0 Å². The number of nitrogens with zero attached hydrogens (tertiary/aromatic N) is 2. The second kappa shape index (κ2) is 7.69. The Hall–Kier alpha value is -1.85. The number of hydrogen-bond acceptors (Lipinski definition) is 3. The van der Waals surface area contributed by atoms with E-state index in [0.717, 1.165) is 23.7 Å². The normalized spacial score (nSPS) is 36.1. The Bertz CT molecular complexity index is 833. The van der Waals surface area contributed by atoms with Gasteiger partial charge >= 0.3 is 0 Å². The van der Waals surface area contributed by atoms with Crippen LogP contribution in [-0.2, 0) is 7.05 Å². The van der Waals surface area contributed by atoms with Crippen molar-refractivity contribution < 1.29 is 9.59 Å². The maximum Gasteiger partial charge on any atom is 0.272 e. The molecule has 0 spiro atoms. The number of aryl methyl sites for hydroxylation is 1. The van der Waals surface area contributed by atoms with Crippen LogP contribution in [0.25, 0.3) is 0 Å². The molecule has 5 rings (SSSR count). The molecule has 0 saturated heterocycles. The van der Waals surface area contributed by atoms with Gasteiger partial charge in [0.1, 0.15) is 5.69 Å². The molecule has 1 heterocycles. The summed E-state index contributed by atoms with van der Waals surface area (Å²) >= 11 is 0. The zero-order chi connectivity index (χ0) is 21.0. The van der Waals surface area contributed by atoms with Gasteiger partial charge in [-0.15, -0.1) is 0 Å². The average molecular weight is 413 g/mol. The van der Waals surface area contributed by atoms with E-state index in [9.17, 15) is 9.59 Å². The zero-order valence-corrected chi connectivity index (χ0v) is 18.6. The van der Waals surface area contributed by atoms with Gasteiger partial charge in [0.2, 0.25) is 0 Å². The quantitative estimate of drug-likeness (QED) is 0.750. The van der Waals surface area contributed by atoms with Crippen LogP contribution in [-0.4, -0.2) is 33.7 Å². The van der Waals surface area contributed by atoms with E-state index in [0.29, 0.717) is 23.2 Å². The van der Waals surface area contributed by atoms with Crippen LogP contribution in [0, 0.1) is 35.5 Å². The van der Waals surface area contributed by atoms with Gasteiger partial charge in [-0.3, -0.25) is 14.3 Å². The van der Waals surface area contributed by atoms with Crippen molar-refractivity contribution in [2.45, 2.75) is 77.3 Å². The van der Waals surface area contributed by atoms with Crippen LogP contribution in [0.5, 0.6) is 0 Å². The van der Waals surface area contributed by atoms with Crippen molar-refractivity contribution in [1.29, 1.82) is 0 Å². The topological polar surface area (TPSA) is 76.0 Å². The third-order valence-electron chi connectivity index (χ3n) is 8.93. The lowest BCUT2D eigenvalue weighted by Crippen LogP contribution is -2.40. The van der Waals surface area contributed by atoms with Gasteiger partial charge in [-0.25, -0.2) is 0 Å². The number of amides is 2. The SMILES string of the molecule is C[C@H](NC(=O)c1cc(C(=O)N[C@H](C)[C@H]2C[C@H]3CC[C@H]2C3)n(C)n1)[C@@H]1C[C@H]2CC[C@H]1C2. The fourth-order valence-corrected chi connectivity index (χ4v) is 7.38. The van der Waals surface area contributed by atoms with Crippen molar-refractivity contribution in [3.8, 4) is 0 Å². The fourth-order valence-electron chi connectivity index (χ4n) is 7.38. The number of carbonyl (C=O) groups is 2. The summed E-state index contributed by atoms with van der Waals surface area (Å²) in [5, 5.41) is 10.7. The molecule has 0 aromatic carbocycles. The van der Waals surface area contributed by atoms with E-state index in [1.165, 1.54) is 51.4 Å². The van der Waals surface area contributed by atoms with Gasteiger partial charge in [0.25, 0.3) is 11.8 Å². The van der Waals surface area contributed by atoms with Crippen LogP contribution in [0.1, 0.15) is 86.2 Å². The average Bonchev–Trinajstić information content (AvgIpc) is 3.53. The first kappa shape index (κ1) is 20.1. The number of hydrogen-bond donors (Lipinski definition) is 2. The molecule has 4 aliphatic rings. The molecular formula is C24H36N4O2. The van der Waals surface area contributed by atoms with E-state index >= 15 is 0 Å². The summed E-state index contributed by atoms with van der Waals surface area (Å²) < 4.78 is 1.54. The molecule has 4 aliphatic carbocycles. The first-order valence-corrected chi connectivity index (χ1v) is 12.0. The van der Waals surface area contributed by atoms with E-state index in [-0.39, 0.29) is 23.9 Å². The maximum absolute atomic E-state index is 12.9. The molecule has 1 aromatic rings. The maximum atomic E-state index is 12.9. The van der Waals surface area contributed by atoms with Crippen molar-refractivity contribution in [1.82, 2.24) is 20.4 Å². The van der Waals surface area contributed by atoms with Crippen LogP contribution >= 0.6 is 0 Å². The first-order valence-electron chi connectivity index (χ1n) is 12.0. The minimum Gasteiger partial charge on any atom is -0.348 e. The monoisotopic (exact) mass is 412 g/mol. The van der Waals surface area contributed by atoms with E-state index < -0.39 is 0 Å². The molecular weight excluding hydrogens is 376 g/mol. The first-order chi connectivity index (χ1) is 14.4. The van der Waals surface area contributed by atoms with Crippen LogP contribution in [0.15, 0.2) is 6.07 Å². The largest absolute Gasteiger partial charge is 0.348 e. The van der Waals surface area contributed by atoms with Gasteiger partial charge in [-0.2, -0.15) is 5.10 Å². The highest BCUT2D eigenvalue weighted by Crippen LogP contribution is 2.50. The van der Waals surface area contributed by atoms with Crippen molar-refractivity contribution in [3.05, 3.63) is 17.5 Å². The van der Waals surface area contributed by atoms with Crippen LogP contribution in [0.3, 0.4) is 0 Å². The highest BCUT2D eigenvalue weighted by atomic mass is 16.2. The summed E-state index contributed by atoms with van der Waals surface area (Å²) in [5.74, 6) is 4.15. The molecule has 1 aromatic heterocycles. The smallest absolute Gasteiger partial charge is 0.272 e. The second-order valence-electron chi connectivity index (χ2n) is 10.7. The predicted octanol–water partition coefficient (Wildman–Crippen LogP) is 3.53. The summed E-state index contributed by atoms with van der Waals surface area (Å²) in [4.78, 5) is 25.7. The van der Waals surface area contributed by atoms with Gasteiger partial charge in [0.05, 0.1) is 0 Å². The van der Waals surface area contributed by atoms with Gasteiger partial charge in [-0.05, 0) is 87.9 Å². The number of aromatic nitrogens is 2. The minimum absolute atomic E-state index is 0.125. The molecule has 164 valence electrons. The zero-order valence-electron chi connectivity index (χ0n) is 18.6. The third kappa shape index (κ3) is 3.56. The lowest BCUT2D eigenvalue weighted by atomic mass is 9.84. The summed E-state index contributed by atoms with van der Waals surface area (Å²) in [5.41, 5.74) is 0.799. The molecule has 0 radical (unpaired) electrons. The Labute approximate surface area is 179 Å². The van der Waals surface area contributed by atoms with Crippen LogP contribution < -0.4 is 10.6 Å². The number of nitrogens with one attached hydrogen (secondary N) is 2. The van der Waals surface area contributed by atoms with E-state index in [2.05, 4.69) is 29.6 Å². The molecule has 2 amide bonds. The molecule has 4 fully saturated rings. The molecule has 8 atom stereocenters. The van der Waals surface area contributed by atoms with Crippen LogP contribution in [0.2, 0.25) is 0 Å². The lowest BCUT2D eigenvalue weighted by molar-refractivity contribution is 0.0899. The number of rotatable bonds is 6. The van der Waals surface area contributed by atoms with Crippen molar-refractivity contribution in [3.63, 3.8) is 0 Å². The second-order valence-corrected chi connectivity index (χ2v) is 10.7. The summed E-state index contributed by atoms with van der Waals surface area (Å²) in [6.07, 6.45) is 10.5. The van der Waals surface area contributed by atoms with Crippen LogP contribution in [0.4, 0.5) is 0 Å².